The second-order valence-electron chi connectivity index (χ2n) is 6.43. The van der Waals surface area contributed by atoms with Crippen LogP contribution in [0, 0.1) is 0 Å². The van der Waals surface area contributed by atoms with Gasteiger partial charge in [0.15, 0.2) is 0 Å². The van der Waals surface area contributed by atoms with Gasteiger partial charge in [0.25, 0.3) is 0 Å². The summed E-state index contributed by atoms with van der Waals surface area (Å²) in [5.41, 5.74) is 9.08. The van der Waals surface area contributed by atoms with Gasteiger partial charge in [-0.05, 0) is 40.3 Å². The number of rotatable bonds is 0. The Morgan fingerprint density at radius 1 is 0.810 bits per heavy atom. The average Bonchev–Trinajstić information content (AvgIpc) is 3.15. The van der Waals surface area contributed by atoms with Crippen LogP contribution in [0.4, 0.5) is 0 Å². The van der Waals surface area contributed by atoms with E-state index in [4.69, 9.17) is 0 Å². The first-order valence-corrected chi connectivity index (χ1v) is 7.62. The largest absolute Gasteiger partial charge is 0.354 e. The van der Waals surface area contributed by atoms with Crippen molar-refractivity contribution in [2.24, 2.45) is 7.05 Å². The Morgan fingerprint density at radius 2 is 1.43 bits per heavy atom. The van der Waals surface area contributed by atoms with Gasteiger partial charge in [-0.2, -0.15) is 0 Å². The van der Waals surface area contributed by atoms with Crippen LogP contribution in [0.3, 0.4) is 0 Å². The number of benzene rings is 2. The molecule has 0 radical (unpaired) electrons. The molecular weight excluding hydrogens is 254 g/mol. The predicted molar refractivity (Wildman–Crippen MR) is 85.5 cm³/mol. The van der Waals surface area contributed by atoms with Gasteiger partial charge in [-0.15, -0.1) is 0 Å². The van der Waals surface area contributed by atoms with E-state index in [1.807, 2.05) is 0 Å². The molecule has 0 aliphatic heterocycles. The van der Waals surface area contributed by atoms with Crippen molar-refractivity contribution in [3.05, 3.63) is 83.2 Å². The van der Waals surface area contributed by atoms with Crippen LogP contribution < -0.4 is 0 Å². The minimum atomic E-state index is 0.164. The molecule has 1 aromatic heterocycles. The molecule has 2 aromatic carbocycles. The summed E-state index contributed by atoms with van der Waals surface area (Å²) in [5, 5.41) is 0. The molecule has 0 amide bonds. The Bertz CT molecular complexity index is 824. The second kappa shape index (κ2) is 3.67. The summed E-state index contributed by atoms with van der Waals surface area (Å²) in [7, 11) is 2.17. The maximum Gasteiger partial charge on any atom is 0.0310 e. The van der Waals surface area contributed by atoms with Gasteiger partial charge in [-0.1, -0.05) is 48.5 Å². The van der Waals surface area contributed by atoms with Gasteiger partial charge in [0.05, 0.1) is 0 Å². The third kappa shape index (κ3) is 1.27. The molecule has 21 heavy (non-hydrogen) atoms. The van der Waals surface area contributed by atoms with Crippen molar-refractivity contribution in [1.29, 1.82) is 0 Å². The smallest absolute Gasteiger partial charge is 0.0310 e. The van der Waals surface area contributed by atoms with Gasteiger partial charge in [0.1, 0.15) is 0 Å². The zero-order chi connectivity index (χ0) is 14.0. The van der Waals surface area contributed by atoms with E-state index in [-0.39, 0.29) is 5.41 Å². The average molecular weight is 271 g/mol. The van der Waals surface area contributed by atoms with Crippen molar-refractivity contribution >= 4 is 0 Å². The molecule has 1 heterocycles. The van der Waals surface area contributed by atoms with Crippen LogP contribution in [0.2, 0.25) is 0 Å². The van der Waals surface area contributed by atoms with Crippen molar-refractivity contribution < 1.29 is 0 Å². The van der Waals surface area contributed by atoms with E-state index < -0.39 is 0 Å². The summed E-state index contributed by atoms with van der Waals surface area (Å²) in [5.74, 6) is 0. The highest BCUT2D eigenvalue weighted by Crippen LogP contribution is 2.55. The van der Waals surface area contributed by atoms with E-state index in [1.165, 1.54) is 33.5 Å². The zero-order valence-electron chi connectivity index (χ0n) is 12.1. The minimum Gasteiger partial charge on any atom is -0.354 e. The van der Waals surface area contributed by atoms with Crippen LogP contribution in [-0.4, -0.2) is 4.57 Å². The van der Waals surface area contributed by atoms with Crippen molar-refractivity contribution in [3.8, 4) is 11.1 Å². The quantitative estimate of drug-likeness (QED) is 0.580. The van der Waals surface area contributed by atoms with E-state index in [9.17, 15) is 0 Å². The summed E-state index contributed by atoms with van der Waals surface area (Å²) < 4.78 is 2.30. The molecule has 0 atom stereocenters. The maximum atomic E-state index is 2.33. The predicted octanol–water partition coefficient (Wildman–Crippen LogP) is 4.09. The molecule has 1 spiro atoms. The Hall–Kier alpha value is -2.28. The van der Waals surface area contributed by atoms with E-state index in [2.05, 4.69) is 72.4 Å². The van der Waals surface area contributed by atoms with Gasteiger partial charge >= 0.3 is 0 Å². The summed E-state index contributed by atoms with van der Waals surface area (Å²) in [4.78, 5) is 0. The topological polar surface area (TPSA) is 4.93 Å². The maximum absolute atomic E-state index is 2.33. The molecule has 0 saturated heterocycles. The molecule has 0 bridgehead atoms. The van der Waals surface area contributed by atoms with Crippen LogP contribution in [-0.2, 0) is 25.3 Å². The first-order valence-electron chi connectivity index (χ1n) is 7.62. The first kappa shape index (κ1) is 11.4. The molecule has 0 N–H and O–H groups in total. The Kier molecular flexibility index (Phi) is 1.99. The molecule has 0 fully saturated rings. The van der Waals surface area contributed by atoms with Crippen molar-refractivity contribution in [1.82, 2.24) is 4.57 Å². The van der Waals surface area contributed by atoms with E-state index in [1.54, 1.807) is 0 Å². The highest BCUT2D eigenvalue weighted by molar-refractivity contribution is 5.82. The second-order valence-corrected chi connectivity index (χ2v) is 6.43. The Morgan fingerprint density at radius 3 is 2.05 bits per heavy atom. The number of aromatic nitrogens is 1. The van der Waals surface area contributed by atoms with E-state index in [0.717, 1.165) is 12.8 Å². The number of fused-ring (bicyclic) bond motifs is 6. The van der Waals surface area contributed by atoms with Crippen molar-refractivity contribution in [2.75, 3.05) is 0 Å². The third-order valence-electron chi connectivity index (χ3n) is 5.43. The number of hydrogen-bond acceptors (Lipinski definition) is 0. The lowest BCUT2D eigenvalue weighted by Crippen LogP contribution is -2.26. The van der Waals surface area contributed by atoms with Crippen LogP contribution in [0.15, 0.2) is 60.8 Å². The Balaban J connectivity index is 1.82. The van der Waals surface area contributed by atoms with E-state index >= 15 is 0 Å². The Labute approximate surface area is 124 Å². The third-order valence-corrected chi connectivity index (χ3v) is 5.43. The molecule has 102 valence electrons. The van der Waals surface area contributed by atoms with Crippen molar-refractivity contribution in [3.63, 3.8) is 0 Å². The van der Waals surface area contributed by atoms with Gasteiger partial charge in [-0.25, -0.2) is 0 Å². The molecule has 0 saturated carbocycles. The van der Waals surface area contributed by atoms with Crippen molar-refractivity contribution in [2.45, 2.75) is 18.3 Å². The van der Waals surface area contributed by atoms with Crippen LogP contribution in [0.5, 0.6) is 0 Å². The molecule has 1 heteroatoms. The molecular formula is C20H17N. The fraction of sp³-hybridized carbons (Fsp3) is 0.200. The first-order chi connectivity index (χ1) is 10.3. The fourth-order valence-corrected chi connectivity index (χ4v) is 4.48. The standard InChI is InChI=1S/C20H17N/c1-21-11-10-14-12-20(13-19(14)21)17-8-4-2-6-15(17)16-7-3-5-9-18(16)20/h2-11H,12-13H2,1H3. The minimum absolute atomic E-state index is 0.164. The summed E-state index contributed by atoms with van der Waals surface area (Å²) in [6.45, 7) is 0. The van der Waals surface area contributed by atoms with Crippen LogP contribution in [0.25, 0.3) is 11.1 Å². The number of aryl methyl sites for hydroxylation is 1. The molecule has 1 nitrogen and oxygen atoms in total. The molecule has 3 aromatic rings. The monoisotopic (exact) mass is 271 g/mol. The lowest BCUT2D eigenvalue weighted by Gasteiger charge is -2.27. The molecule has 2 aliphatic carbocycles. The summed E-state index contributed by atoms with van der Waals surface area (Å²) >= 11 is 0. The molecule has 0 unspecified atom stereocenters. The van der Waals surface area contributed by atoms with Gasteiger partial charge in [0.2, 0.25) is 0 Å². The van der Waals surface area contributed by atoms with Gasteiger partial charge in [-0.3, -0.25) is 0 Å². The van der Waals surface area contributed by atoms with Gasteiger partial charge in [0, 0.05) is 30.8 Å². The lowest BCUT2D eigenvalue weighted by atomic mass is 9.76. The molecule has 2 aliphatic rings. The summed E-state index contributed by atoms with van der Waals surface area (Å²) in [6, 6.07) is 20.2. The van der Waals surface area contributed by atoms with Gasteiger partial charge < -0.3 is 4.57 Å². The zero-order valence-corrected chi connectivity index (χ0v) is 12.1. The van der Waals surface area contributed by atoms with E-state index in [0.29, 0.717) is 0 Å². The number of nitrogens with zero attached hydrogens (tertiary/aromatic N) is 1. The number of hydrogen-bond donors (Lipinski definition) is 0. The van der Waals surface area contributed by atoms with Crippen LogP contribution in [0.1, 0.15) is 22.4 Å². The highest BCUT2D eigenvalue weighted by Gasteiger charge is 2.47. The molecule has 5 rings (SSSR count). The fourth-order valence-electron chi connectivity index (χ4n) is 4.48. The SMILES string of the molecule is Cn1ccc2c1CC1(C2)c2ccccc2-c2ccccc21. The van der Waals surface area contributed by atoms with Crippen LogP contribution >= 0.6 is 0 Å². The summed E-state index contributed by atoms with van der Waals surface area (Å²) in [6.07, 6.45) is 4.46. The lowest BCUT2D eigenvalue weighted by molar-refractivity contribution is 0.551. The normalized spacial score (nSPS) is 16.8. The highest BCUT2D eigenvalue weighted by atomic mass is 14.9.